The monoisotopic (exact) mass is 320 g/mol. The zero-order chi connectivity index (χ0) is 17.3. The predicted molar refractivity (Wildman–Crippen MR) is 93.9 cm³/mol. The lowest BCUT2D eigenvalue weighted by molar-refractivity contribution is -0.117. The fourth-order valence-corrected chi connectivity index (χ4v) is 3.03. The van der Waals surface area contributed by atoms with Crippen molar-refractivity contribution in [1.82, 2.24) is 5.32 Å². The van der Waals surface area contributed by atoms with Crippen LogP contribution in [0, 0.1) is 19.8 Å². The van der Waals surface area contributed by atoms with Crippen molar-refractivity contribution < 1.29 is 9.59 Å². The Morgan fingerprint density at radius 2 is 1.54 bits per heavy atom. The summed E-state index contributed by atoms with van der Waals surface area (Å²) >= 11 is 0. The normalized spacial score (nSPS) is 22.2. The average Bonchev–Trinajstić information content (AvgIpc) is 2.92. The van der Waals surface area contributed by atoms with Gasteiger partial charge in [-0.05, 0) is 25.0 Å². The molecule has 4 heteroatoms. The van der Waals surface area contributed by atoms with E-state index in [0.717, 1.165) is 28.5 Å². The number of rotatable bonds is 3. The first-order valence-electron chi connectivity index (χ1n) is 7.90. The predicted octanol–water partition coefficient (Wildman–Crippen LogP) is 2.66. The number of benzene rings is 2. The molecule has 4 nitrogen and oxygen atoms in total. The highest BCUT2D eigenvalue weighted by atomic mass is 16.2. The van der Waals surface area contributed by atoms with Crippen LogP contribution in [0.5, 0.6) is 0 Å². The topological polar surface area (TPSA) is 72.2 Å². The summed E-state index contributed by atoms with van der Waals surface area (Å²) in [6.45, 7) is 3.98. The van der Waals surface area contributed by atoms with Gasteiger partial charge in [0.05, 0.1) is 17.5 Å². The number of nitrogens with one attached hydrogen (secondary N) is 1. The van der Waals surface area contributed by atoms with Crippen molar-refractivity contribution in [2.24, 2.45) is 11.7 Å². The van der Waals surface area contributed by atoms with Crippen LogP contribution in [0.1, 0.15) is 28.3 Å². The summed E-state index contributed by atoms with van der Waals surface area (Å²) in [7, 11) is 0. The Kier molecular flexibility index (Phi) is 4.21. The highest BCUT2D eigenvalue weighted by Crippen LogP contribution is 2.35. The van der Waals surface area contributed by atoms with Crippen LogP contribution in [0.2, 0.25) is 0 Å². The zero-order valence-corrected chi connectivity index (χ0v) is 13.7. The molecule has 2 atom stereocenters. The number of aryl methyl sites for hydroxylation is 2. The lowest BCUT2D eigenvalue weighted by atomic mass is 9.89. The maximum atomic E-state index is 12.5. The number of hydrogen-bond donors (Lipinski definition) is 2. The van der Waals surface area contributed by atoms with Crippen molar-refractivity contribution in [2.45, 2.75) is 19.9 Å². The van der Waals surface area contributed by atoms with E-state index >= 15 is 0 Å². The second-order valence-electron chi connectivity index (χ2n) is 6.22. The van der Waals surface area contributed by atoms with Crippen molar-refractivity contribution in [1.29, 1.82) is 0 Å². The molecule has 0 aromatic heterocycles. The van der Waals surface area contributed by atoms with Crippen molar-refractivity contribution in [3.8, 4) is 0 Å². The first kappa shape index (κ1) is 16.0. The summed E-state index contributed by atoms with van der Waals surface area (Å²) in [6.07, 6.45) is 0.804. The van der Waals surface area contributed by atoms with Crippen molar-refractivity contribution >= 4 is 17.9 Å². The van der Waals surface area contributed by atoms with Gasteiger partial charge in [0.15, 0.2) is 0 Å². The Balaban J connectivity index is 2.03. The highest BCUT2D eigenvalue weighted by Gasteiger charge is 2.40. The van der Waals surface area contributed by atoms with Gasteiger partial charge in [0.1, 0.15) is 6.29 Å². The van der Waals surface area contributed by atoms with Crippen LogP contribution in [-0.2, 0) is 9.59 Å². The number of hydrogen-bond acceptors (Lipinski definition) is 3. The summed E-state index contributed by atoms with van der Waals surface area (Å²) in [4.78, 5) is 24.2. The van der Waals surface area contributed by atoms with E-state index in [-0.39, 0.29) is 11.9 Å². The van der Waals surface area contributed by atoms with Gasteiger partial charge >= 0.3 is 0 Å². The van der Waals surface area contributed by atoms with E-state index in [9.17, 15) is 9.59 Å². The van der Waals surface area contributed by atoms with Gasteiger partial charge in [-0.1, -0.05) is 59.7 Å². The molecule has 2 aromatic carbocycles. The summed E-state index contributed by atoms with van der Waals surface area (Å²) in [5.74, 6) is -0.878. The first-order chi connectivity index (χ1) is 11.5. The van der Waals surface area contributed by atoms with Gasteiger partial charge in [-0.25, -0.2) is 0 Å². The minimum Gasteiger partial charge on any atom is -0.398 e. The fraction of sp³-hybridized carbons (Fsp3) is 0.200. The molecule has 0 bridgehead atoms. The molecule has 24 heavy (non-hydrogen) atoms. The minimum absolute atomic E-state index is 0.282. The van der Waals surface area contributed by atoms with Crippen LogP contribution in [0.25, 0.3) is 5.70 Å². The molecule has 1 aliphatic rings. The molecule has 1 aliphatic heterocycles. The van der Waals surface area contributed by atoms with Gasteiger partial charge in [0.25, 0.3) is 5.91 Å². The molecule has 0 spiro atoms. The SMILES string of the molecule is Cc1ccc(/C(N)=C2\C(=O)NC(c3ccc(C)cc3)C2C=O)cc1. The van der Waals surface area contributed by atoms with Crippen molar-refractivity contribution in [3.63, 3.8) is 0 Å². The average molecular weight is 320 g/mol. The summed E-state index contributed by atoms with van der Waals surface area (Å²) < 4.78 is 0. The molecule has 2 aromatic rings. The Labute approximate surface area is 141 Å². The Morgan fingerprint density at radius 3 is 2.08 bits per heavy atom. The van der Waals surface area contributed by atoms with Crippen LogP contribution in [-0.4, -0.2) is 12.2 Å². The van der Waals surface area contributed by atoms with Gasteiger partial charge in [0.2, 0.25) is 0 Å². The number of carbonyl (C=O) groups is 2. The summed E-state index contributed by atoms with van der Waals surface area (Å²) in [6, 6.07) is 15.0. The number of nitrogens with two attached hydrogens (primary N) is 1. The van der Waals surface area contributed by atoms with E-state index in [1.807, 2.05) is 62.4 Å². The molecule has 1 amide bonds. The van der Waals surface area contributed by atoms with E-state index in [1.165, 1.54) is 0 Å². The third-order valence-corrected chi connectivity index (χ3v) is 4.46. The third-order valence-electron chi connectivity index (χ3n) is 4.46. The van der Waals surface area contributed by atoms with E-state index in [2.05, 4.69) is 5.32 Å². The lowest BCUT2D eigenvalue weighted by Crippen LogP contribution is -2.21. The van der Waals surface area contributed by atoms with Gasteiger partial charge in [0, 0.05) is 5.70 Å². The van der Waals surface area contributed by atoms with Gasteiger partial charge in [-0.3, -0.25) is 4.79 Å². The lowest BCUT2D eigenvalue weighted by Gasteiger charge is -2.15. The van der Waals surface area contributed by atoms with E-state index in [1.54, 1.807) is 0 Å². The quantitative estimate of drug-likeness (QED) is 0.674. The molecule has 0 saturated carbocycles. The van der Waals surface area contributed by atoms with Crippen molar-refractivity contribution in [2.75, 3.05) is 0 Å². The smallest absolute Gasteiger partial charge is 0.250 e. The second kappa shape index (κ2) is 6.32. The maximum absolute atomic E-state index is 12.5. The second-order valence-corrected chi connectivity index (χ2v) is 6.22. The van der Waals surface area contributed by atoms with Gasteiger partial charge in [-0.2, -0.15) is 0 Å². The highest BCUT2D eigenvalue weighted by molar-refractivity contribution is 6.06. The molecule has 0 aliphatic carbocycles. The molecule has 1 saturated heterocycles. The number of aldehydes is 1. The molecule has 3 N–H and O–H groups in total. The maximum Gasteiger partial charge on any atom is 0.250 e. The zero-order valence-electron chi connectivity index (χ0n) is 13.7. The Hall–Kier alpha value is -2.88. The van der Waals surface area contributed by atoms with Crippen LogP contribution in [0.4, 0.5) is 0 Å². The molecule has 0 radical (unpaired) electrons. The van der Waals surface area contributed by atoms with Crippen LogP contribution < -0.4 is 11.1 Å². The van der Waals surface area contributed by atoms with Crippen LogP contribution in [0.15, 0.2) is 54.1 Å². The Morgan fingerprint density at radius 1 is 1.00 bits per heavy atom. The summed E-state index contributed by atoms with van der Waals surface area (Å²) in [5, 5.41) is 2.89. The number of carbonyl (C=O) groups excluding carboxylic acids is 2. The largest absolute Gasteiger partial charge is 0.398 e. The molecule has 1 heterocycles. The summed E-state index contributed by atoms with van der Waals surface area (Å²) in [5.41, 5.74) is 10.8. The third kappa shape index (κ3) is 2.83. The van der Waals surface area contributed by atoms with E-state index in [4.69, 9.17) is 5.73 Å². The van der Waals surface area contributed by atoms with Gasteiger partial charge < -0.3 is 15.8 Å². The molecular formula is C20H20N2O2. The molecule has 122 valence electrons. The standard InChI is InChI=1S/C20H20N2O2/c1-12-3-7-14(8-4-12)18(21)17-16(11-23)19(22-20(17)24)15-9-5-13(2)6-10-15/h3-11,16,19H,21H2,1-2H3,(H,22,24)/b18-17+. The van der Waals surface area contributed by atoms with Crippen LogP contribution in [0.3, 0.4) is 0 Å². The molecule has 3 rings (SSSR count). The van der Waals surface area contributed by atoms with E-state index in [0.29, 0.717) is 11.3 Å². The van der Waals surface area contributed by atoms with Crippen molar-refractivity contribution in [3.05, 3.63) is 76.4 Å². The molecular weight excluding hydrogens is 300 g/mol. The Bertz CT molecular complexity index is 805. The molecule has 2 unspecified atom stereocenters. The van der Waals surface area contributed by atoms with Crippen LogP contribution >= 0.6 is 0 Å². The first-order valence-corrected chi connectivity index (χ1v) is 7.90. The molecule has 1 fully saturated rings. The van der Waals surface area contributed by atoms with Gasteiger partial charge in [-0.15, -0.1) is 0 Å². The fourth-order valence-electron chi connectivity index (χ4n) is 3.03. The minimum atomic E-state index is -0.596. The number of amides is 1. The van der Waals surface area contributed by atoms with E-state index < -0.39 is 5.92 Å².